The number of amides is 1. The molecule has 1 atom stereocenters. The van der Waals surface area contributed by atoms with E-state index in [9.17, 15) is 9.59 Å². The van der Waals surface area contributed by atoms with E-state index in [0.717, 1.165) is 5.56 Å². The number of nitrogens with zero attached hydrogens (tertiary/aromatic N) is 2. The largest absolute Gasteiger partial charge is 0.495 e. The summed E-state index contributed by atoms with van der Waals surface area (Å²) in [5.41, 5.74) is 1.89. The summed E-state index contributed by atoms with van der Waals surface area (Å²) in [5.74, 6) is 1.27. The molecule has 0 bridgehead atoms. The highest BCUT2D eigenvalue weighted by atomic mass is 16.6. The summed E-state index contributed by atoms with van der Waals surface area (Å²) in [6.07, 6.45) is 0.0815. The lowest BCUT2D eigenvalue weighted by molar-refractivity contribution is -0.149. The Balaban J connectivity index is 1.21. The molecule has 9 heteroatoms. The second-order valence-electron chi connectivity index (χ2n) is 7.73. The molecule has 2 aliphatic rings. The van der Waals surface area contributed by atoms with Gasteiger partial charge in [0.05, 0.1) is 18.7 Å². The fraction of sp³-hybridized carbons (Fsp3) is 0.292. The van der Waals surface area contributed by atoms with Gasteiger partial charge in [-0.3, -0.25) is 9.59 Å². The fourth-order valence-corrected chi connectivity index (χ4v) is 3.93. The zero-order valence-electron chi connectivity index (χ0n) is 18.0. The highest BCUT2D eigenvalue weighted by molar-refractivity contribution is 6.00. The minimum atomic E-state index is -0.563. The van der Waals surface area contributed by atoms with Gasteiger partial charge in [-0.1, -0.05) is 17.3 Å². The van der Waals surface area contributed by atoms with Crippen molar-refractivity contribution in [1.29, 1.82) is 0 Å². The van der Waals surface area contributed by atoms with Crippen LogP contribution in [0.2, 0.25) is 0 Å². The summed E-state index contributed by atoms with van der Waals surface area (Å²) in [5, 5.41) is 3.99. The number of carbonyl (C=O) groups is 2. The molecule has 0 aliphatic carbocycles. The number of rotatable bonds is 6. The quantitative estimate of drug-likeness (QED) is 0.528. The maximum atomic E-state index is 12.6. The average Bonchev–Trinajstić information content (AvgIpc) is 3.49. The summed E-state index contributed by atoms with van der Waals surface area (Å²) in [6.45, 7) is 1.20. The van der Waals surface area contributed by atoms with Crippen LogP contribution in [0.3, 0.4) is 0 Å². The highest BCUT2D eigenvalue weighted by Gasteiger charge is 2.37. The molecule has 2 aliphatic heterocycles. The molecule has 1 fully saturated rings. The summed E-state index contributed by atoms with van der Waals surface area (Å²) in [4.78, 5) is 26.7. The maximum absolute atomic E-state index is 12.6. The average molecular weight is 450 g/mol. The van der Waals surface area contributed by atoms with E-state index in [1.165, 1.54) is 0 Å². The Morgan fingerprint density at radius 1 is 1.12 bits per heavy atom. The van der Waals surface area contributed by atoms with Gasteiger partial charge in [-0.05, 0) is 30.3 Å². The Kier molecular flexibility index (Phi) is 5.60. The molecule has 0 radical (unpaired) electrons. The van der Waals surface area contributed by atoms with Crippen molar-refractivity contribution in [2.45, 2.75) is 13.0 Å². The van der Waals surface area contributed by atoms with Gasteiger partial charge in [0.15, 0.2) is 17.3 Å². The van der Waals surface area contributed by atoms with Crippen LogP contribution in [0.4, 0.5) is 5.69 Å². The Labute approximate surface area is 189 Å². The van der Waals surface area contributed by atoms with Crippen LogP contribution < -0.4 is 19.1 Å². The molecule has 2 aromatic carbocycles. The van der Waals surface area contributed by atoms with Crippen molar-refractivity contribution >= 4 is 17.6 Å². The fourth-order valence-electron chi connectivity index (χ4n) is 3.93. The number of benzene rings is 2. The molecule has 1 aromatic heterocycles. The van der Waals surface area contributed by atoms with E-state index in [4.69, 9.17) is 23.5 Å². The first-order chi connectivity index (χ1) is 16.1. The third-order valence-corrected chi connectivity index (χ3v) is 5.58. The third kappa shape index (κ3) is 4.21. The minimum absolute atomic E-state index is 0.0494. The topological polar surface area (TPSA) is 100 Å². The monoisotopic (exact) mass is 450 g/mol. The summed E-state index contributed by atoms with van der Waals surface area (Å²) in [6, 6.07) is 14.4. The number of para-hydroxylation sites is 2. The standard InChI is InChI=1S/C24H22N2O7/c1-29-19-5-3-2-4-18(19)26-13-16(11-23(26)27)24(28)32-14-17-12-21(33-25-17)15-6-7-20-22(10-15)31-9-8-30-20/h2-7,10,12,16H,8-9,11,13-14H2,1H3. The van der Waals surface area contributed by atoms with E-state index in [2.05, 4.69) is 5.16 Å². The first-order valence-electron chi connectivity index (χ1n) is 10.6. The van der Waals surface area contributed by atoms with Crippen LogP contribution in [0.15, 0.2) is 53.1 Å². The number of esters is 1. The van der Waals surface area contributed by atoms with E-state index in [1.54, 1.807) is 30.2 Å². The van der Waals surface area contributed by atoms with Crippen molar-refractivity contribution < 1.29 is 33.1 Å². The lowest BCUT2D eigenvalue weighted by Crippen LogP contribution is -2.26. The lowest BCUT2D eigenvalue weighted by atomic mass is 10.1. The van der Waals surface area contributed by atoms with E-state index in [1.807, 2.05) is 30.3 Å². The Morgan fingerprint density at radius 2 is 1.94 bits per heavy atom. The second kappa shape index (κ2) is 8.85. The van der Waals surface area contributed by atoms with Crippen LogP contribution in [0.25, 0.3) is 11.3 Å². The molecule has 33 heavy (non-hydrogen) atoms. The Morgan fingerprint density at radius 3 is 2.79 bits per heavy atom. The van der Waals surface area contributed by atoms with Gasteiger partial charge in [0, 0.05) is 24.6 Å². The molecule has 1 unspecified atom stereocenters. The van der Waals surface area contributed by atoms with Crippen molar-refractivity contribution in [3.8, 4) is 28.6 Å². The molecule has 1 amide bonds. The Bertz CT molecular complexity index is 1190. The number of fused-ring (bicyclic) bond motifs is 1. The van der Waals surface area contributed by atoms with Crippen molar-refractivity contribution in [3.05, 3.63) is 54.2 Å². The van der Waals surface area contributed by atoms with Crippen molar-refractivity contribution in [1.82, 2.24) is 5.16 Å². The molecular weight excluding hydrogens is 428 g/mol. The van der Waals surface area contributed by atoms with Crippen molar-refractivity contribution in [3.63, 3.8) is 0 Å². The molecule has 170 valence electrons. The predicted molar refractivity (Wildman–Crippen MR) is 116 cm³/mol. The first-order valence-corrected chi connectivity index (χ1v) is 10.6. The van der Waals surface area contributed by atoms with Gasteiger partial charge >= 0.3 is 5.97 Å². The van der Waals surface area contributed by atoms with Crippen LogP contribution in [0, 0.1) is 5.92 Å². The summed E-state index contributed by atoms with van der Waals surface area (Å²) < 4.78 is 27.3. The number of aromatic nitrogens is 1. The van der Waals surface area contributed by atoms with Crippen LogP contribution in [-0.2, 0) is 20.9 Å². The normalized spacial score (nSPS) is 17.2. The molecule has 0 N–H and O–H groups in total. The molecule has 5 rings (SSSR count). The van der Waals surface area contributed by atoms with Crippen LogP contribution >= 0.6 is 0 Å². The zero-order chi connectivity index (χ0) is 22.8. The van der Waals surface area contributed by atoms with Gasteiger partial charge in [-0.25, -0.2) is 0 Å². The SMILES string of the molecule is COc1ccccc1N1CC(C(=O)OCc2cc(-c3ccc4c(c3)OCCO4)on2)CC1=O. The second-order valence-corrected chi connectivity index (χ2v) is 7.73. The van der Waals surface area contributed by atoms with E-state index in [-0.39, 0.29) is 25.5 Å². The molecule has 0 spiro atoms. The number of hydrogen-bond donors (Lipinski definition) is 0. The molecule has 9 nitrogen and oxygen atoms in total. The third-order valence-electron chi connectivity index (χ3n) is 5.58. The molecular formula is C24H22N2O7. The lowest BCUT2D eigenvalue weighted by Gasteiger charge is -2.19. The molecule has 3 aromatic rings. The number of ether oxygens (including phenoxy) is 4. The molecule has 3 heterocycles. The number of hydrogen-bond acceptors (Lipinski definition) is 8. The number of carbonyl (C=O) groups excluding carboxylic acids is 2. The predicted octanol–water partition coefficient (Wildman–Crippen LogP) is 3.22. The maximum Gasteiger partial charge on any atom is 0.311 e. The zero-order valence-corrected chi connectivity index (χ0v) is 18.0. The van der Waals surface area contributed by atoms with Crippen LogP contribution in [0.5, 0.6) is 17.2 Å². The van der Waals surface area contributed by atoms with E-state index >= 15 is 0 Å². The van der Waals surface area contributed by atoms with Gasteiger partial charge in [-0.2, -0.15) is 0 Å². The van der Waals surface area contributed by atoms with Gasteiger partial charge < -0.3 is 28.4 Å². The van der Waals surface area contributed by atoms with Crippen molar-refractivity contribution in [2.24, 2.45) is 5.92 Å². The van der Waals surface area contributed by atoms with Gasteiger partial charge in [0.25, 0.3) is 0 Å². The van der Waals surface area contributed by atoms with Gasteiger partial charge in [0.2, 0.25) is 5.91 Å². The highest BCUT2D eigenvalue weighted by Crippen LogP contribution is 2.35. The number of methoxy groups -OCH3 is 1. The van der Waals surface area contributed by atoms with Crippen molar-refractivity contribution in [2.75, 3.05) is 31.8 Å². The van der Waals surface area contributed by atoms with Crippen LogP contribution in [0.1, 0.15) is 12.1 Å². The number of anilines is 1. The minimum Gasteiger partial charge on any atom is -0.495 e. The van der Waals surface area contributed by atoms with E-state index < -0.39 is 11.9 Å². The molecule has 1 saturated heterocycles. The van der Waals surface area contributed by atoms with Gasteiger partial charge in [-0.15, -0.1) is 0 Å². The van der Waals surface area contributed by atoms with Crippen LogP contribution in [-0.4, -0.2) is 43.9 Å². The smallest absolute Gasteiger partial charge is 0.311 e. The first kappa shape index (κ1) is 20.9. The molecule has 0 saturated carbocycles. The van der Waals surface area contributed by atoms with Gasteiger partial charge in [0.1, 0.15) is 31.3 Å². The summed E-state index contributed by atoms with van der Waals surface area (Å²) >= 11 is 0. The Hall–Kier alpha value is -4.01. The summed E-state index contributed by atoms with van der Waals surface area (Å²) in [7, 11) is 1.54. The van der Waals surface area contributed by atoms with E-state index in [0.29, 0.717) is 47.6 Å².